The van der Waals surface area contributed by atoms with E-state index in [1.165, 1.54) is 0 Å². The van der Waals surface area contributed by atoms with Crippen molar-refractivity contribution >= 4 is 23.2 Å². The van der Waals surface area contributed by atoms with Gasteiger partial charge in [0.05, 0.1) is 18.4 Å². The molecule has 7 nitrogen and oxygen atoms in total. The topological polar surface area (TPSA) is 70.5 Å². The molecule has 1 N–H and O–H groups in total. The molecule has 7 heteroatoms. The highest BCUT2D eigenvalue weighted by Crippen LogP contribution is 2.23. The van der Waals surface area contributed by atoms with Gasteiger partial charge in [-0.1, -0.05) is 18.2 Å². The first-order chi connectivity index (χ1) is 14.6. The van der Waals surface area contributed by atoms with Crippen molar-refractivity contribution in [3.63, 3.8) is 0 Å². The van der Waals surface area contributed by atoms with Crippen LogP contribution >= 0.6 is 0 Å². The number of benzene rings is 2. The lowest BCUT2D eigenvalue weighted by molar-refractivity contribution is -0.117. The molecule has 0 saturated carbocycles. The summed E-state index contributed by atoms with van der Waals surface area (Å²) in [7, 11) is 1.90. The third-order valence-corrected chi connectivity index (χ3v) is 5.06. The molecule has 1 fully saturated rings. The van der Waals surface area contributed by atoms with Crippen molar-refractivity contribution in [3.05, 3.63) is 72.6 Å². The molecule has 0 unspecified atom stereocenters. The van der Waals surface area contributed by atoms with E-state index in [9.17, 15) is 9.59 Å². The van der Waals surface area contributed by atoms with Gasteiger partial charge < -0.3 is 10.2 Å². The quantitative estimate of drug-likeness (QED) is 0.658. The molecule has 2 heterocycles. The number of nitrogens with one attached hydrogen (secondary N) is 1. The van der Waals surface area contributed by atoms with Gasteiger partial charge in [0.1, 0.15) is 0 Å². The van der Waals surface area contributed by atoms with Gasteiger partial charge in [-0.3, -0.25) is 14.5 Å². The monoisotopic (exact) mass is 403 g/mol. The Bertz CT molecular complexity index is 1010. The Hall–Kier alpha value is -3.45. The van der Waals surface area contributed by atoms with Crippen LogP contribution in [0.2, 0.25) is 0 Å². The van der Waals surface area contributed by atoms with Gasteiger partial charge in [0, 0.05) is 42.6 Å². The van der Waals surface area contributed by atoms with Crippen LogP contribution in [0.25, 0.3) is 5.69 Å². The van der Waals surface area contributed by atoms with Crippen molar-refractivity contribution in [1.29, 1.82) is 0 Å². The number of rotatable bonds is 7. The molecule has 0 radical (unpaired) electrons. The molecule has 0 spiro atoms. The van der Waals surface area contributed by atoms with Gasteiger partial charge in [-0.05, 0) is 49.9 Å². The first-order valence-corrected chi connectivity index (χ1v) is 10.1. The summed E-state index contributed by atoms with van der Waals surface area (Å²) >= 11 is 0. The lowest BCUT2D eigenvalue weighted by Crippen LogP contribution is -2.29. The fraction of sp³-hybridized carbons (Fsp3) is 0.261. The van der Waals surface area contributed by atoms with E-state index in [0.29, 0.717) is 13.0 Å². The van der Waals surface area contributed by atoms with E-state index in [1.807, 2.05) is 83.6 Å². The fourth-order valence-corrected chi connectivity index (χ4v) is 3.62. The average Bonchev–Trinajstić information content (AvgIpc) is 3.38. The highest BCUT2D eigenvalue weighted by atomic mass is 16.2. The maximum Gasteiger partial charge on any atom is 0.238 e. The van der Waals surface area contributed by atoms with E-state index < -0.39 is 0 Å². The van der Waals surface area contributed by atoms with Crippen LogP contribution < -0.4 is 10.2 Å². The highest BCUT2D eigenvalue weighted by molar-refractivity contribution is 5.96. The van der Waals surface area contributed by atoms with Gasteiger partial charge in [0.2, 0.25) is 11.8 Å². The van der Waals surface area contributed by atoms with E-state index in [1.54, 1.807) is 4.90 Å². The fourth-order valence-electron chi connectivity index (χ4n) is 3.62. The van der Waals surface area contributed by atoms with Gasteiger partial charge in [-0.25, -0.2) is 4.68 Å². The SMILES string of the molecule is CN(CC(=O)Nc1ccc(N2CCCC2=O)cc1)Cc1cnn(-c2ccccc2)c1. The van der Waals surface area contributed by atoms with Crippen LogP contribution in [-0.2, 0) is 16.1 Å². The van der Waals surface area contributed by atoms with Crippen LogP contribution in [0.5, 0.6) is 0 Å². The number of carbonyl (C=O) groups is 2. The molecule has 4 rings (SSSR count). The zero-order valence-electron chi connectivity index (χ0n) is 17.0. The molecule has 0 bridgehead atoms. The molecule has 1 aliphatic heterocycles. The zero-order chi connectivity index (χ0) is 20.9. The lowest BCUT2D eigenvalue weighted by Gasteiger charge is -2.17. The molecular weight excluding hydrogens is 378 g/mol. The predicted octanol–water partition coefficient (Wildman–Crippen LogP) is 3.07. The minimum absolute atomic E-state index is 0.0852. The van der Waals surface area contributed by atoms with E-state index in [2.05, 4.69) is 10.4 Å². The summed E-state index contributed by atoms with van der Waals surface area (Å²) in [5.41, 5.74) is 3.64. The number of amides is 2. The highest BCUT2D eigenvalue weighted by Gasteiger charge is 2.21. The maximum absolute atomic E-state index is 12.4. The number of nitrogens with zero attached hydrogens (tertiary/aromatic N) is 4. The Labute approximate surface area is 175 Å². The summed E-state index contributed by atoms with van der Waals surface area (Å²) in [6, 6.07) is 17.3. The Morgan fingerprint density at radius 2 is 1.87 bits per heavy atom. The van der Waals surface area contributed by atoms with E-state index in [-0.39, 0.29) is 18.4 Å². The van der Waals surface area contributed by atoms with Crippen LogP contribution in [0.15, 0.2) is 67.0 Å². The molecule has 1 aliphatic rings. The summed E-state index contributed by atoms with van der Waals surface area (Å²) in [5, 5.41) is 7.31. The normalized spacial score (nSPS) is 13.8. The summed E-state index contributed by atoms with van der Waals surface area (Å²) in [6.45, 7) is 1.65. The summed E-state index contributed by atoms with van der Waals surface area (Å²) in [4.78, 5) is 28.0. The first-order valence-electron chi connectivity index (χ1n) is 10.1. The number of hydrogen-bond donors (Lipinski definition) is 1. The largest absolute Gasteiger partial charge is 0.325 e. The van der Waals surface area contributed by atoms with Crippen LogP contribution in [0, 0.1) is 0 Å². The van der Waals surface area contributed by atoms with Gasteiger partial charge in [0.15, 0.2) is 0 Å². The number of carbonyl (C=O) groups excluding carboxylic acids is 2. The number of anilines is 2. The number of likely N-dealkylation sites (N-methyl/N-ethyl adjacent to an activating group) is 1. The minimum atomic E-state index is -0.0852. The van der Waals surface area contributed by atoms with Crippen LogP contribution in [0.3, 0.4) is 0 Å². The second kappa shape index (κ2) is 8.92. The lowest BCUT2D eigenvalue weighted by atomic mass is 10.2. The Morgan fingerprint density at radius 1 is 1.10 bits per heavy atom. The van der Waals surface area contributed by atoms with Crippen molar-refractivity contribution in [2.24, 2.45) is 0 Å². The number of aromatic nitrogens is 2. The van der Waals surface area contributed by atoms with Gasteiger partial charge >= 0.3 is 0 Å². The summed E-state index contributed by atoms with van der Waals surface area (Å²) in [6.07, 6.45) is 5.30. The first kappa shape index (κ1) is 19.8. The molecule has 0 atom stereocenters. The zero-order valence-corrected chi connectivity index (χ0v) is 17.0. The molecular formula is C23H25N5O2. The third-order valence-electron chi connectivity index (χ3n) is 5.06. The smallest absolute Gasteiger partial charge is 0.238 e. The third kappa shape index (κ3) is 4.75. The molecule has 0 aliphatic carbocycles. The predicted molar refractivity (Wildman–Crippen MR) is 117 cm³/mol. The molecule has 154 valence electrons. The number of para-hydroxylation sites is 1. The Balaban J connectivity index is 1.29. The van der Waals surface area contributed by atoms with Crippen LogP contribution in [0.1, 0.15) is 18.4 Å². The van der Waals surface area contributed by atoms with E-state index in [4.69, 9.17) is 0 Å². The second-order valence-corrected chi connectivity index (χ2v) is 7.54. The van der Waals surface area contributed by atoms with E-state index >= 15 is 0 Å². The summed E-state index contributed by atoms with van der Waals surface area (Å²) in [5.74, 6) is 0.0712. The minimum Gasteiger partial charge on any atom is -0.325 e. The van der Waals surface area contributed by atoms with E-state index in [0.717, 1.165) is 35.6 Å². The van der Waals surface area contributed by atoms with Crippen molar-refractivity contribution in [1.82, 2.24) is 14.7 Å². The second-order valence-electron chi connectivity index (χ2n) is 7.54. The maximum atomic E-state index is 12.4. The number of hydrogen-bond acceptors (Lipinski definition) is 4. The van der Waals surface area contributed by atoms with Gasteiger partial charge in [-0.2, -0.15) is 5.10 Å². The van der Waals surface area contributed by atoms with Crippen LogP contribution in [0.4, 0.5) is 11.4 Å². The van der Waals surface area contributed by atoms with Gasteiger partial charge in [-0.15, -0.1) is 0 Å². The van der Waals surface area contributed by atoms with Crippen molar-refractivity contribution in [3.8, 4) is 5.69 Å². The molecule has 30 heavy (non-hydrogen) atoms. The molecule has 1 saturated heterocycles. The molecule has 1 aromatic heterocycles. The van der Waals surface area contributed by atoms with Crippen LogP contribution in [-0.4, -0.2) is 46.6 Å². The standard InChI is InChI=1S/C23H25N5O2/c1-26(15-18-14-24-28(16-18)21-6-3-2-4-7-21)17-22(29)25-19-9-11-20(12-10-19)27-13-5-8-23(27)30/h2-4,6-7,9-12,14,16H,5,8,13,15,17H2,1H3,(H,25,29). The summed E-state index contributed by atoms with van der Waals surface area (Å²) < 4.78 is 1.83. The average molecular weight is 403 g/mol. The van der Waals surface area contributed by atoms with Crippen molar-refractivity contribution < 1.29 is 9.59 Å². The van der Waals surface area contributed by atoms with Crippen molar-refractivity contribution in [2.75, 3.05) is 30.4 Å². The Morgan fingerprint density at radius 3 is 2.57 bits per heavy atom. The Kier molecular flexibility index (Phi) is 5.90. The molecule has 3 aromatic rings. The molecule has 2 amide bonds. The van der Waals surface area contributed by atoms with Gasteiger partial charge in [0.25, 0.3) is 0 Å². The molecule has 2 aromatic carbocycles. The van der Waals surface area contributed by atoms with Crippen molar-refractivity contribution in [2.45, 2.75) is 19.4 Å².